The summed E-state index contributed by atoms with van der Waals surface area (Å²) in [5.74, 6) is 0.0333. The summed E-state index contributed by atoms with van der Waals surface area (Å²) in [6.07, 6.45) is -0.0776. The summed E-state index contributed by atoms with van der Waals surface area (Å²) in [6.45, 7) is 3.69. The highest BCUT2D eigenvalue weighted by Crippen LogP contribution is 2.29. The quantitative estimate of drug-likeness (QED) is 0.854. The lowest BCUT2D eigenvalue weighted by atomic mass is 10.1. The van der Waals surface area contributed by atoms with Crippen LogP contribution in [0.15, 0.2) is 12.1 Å². The maximum atomic E-state index is 11.2. The second-order valence-electron chi connectivity index (χ2n) is 3.69. The zero-order valence-electron chi connectivity index (χ0n) is 9.98. The van der Waals surface area contributed by atoms with Crippen LogP contribution in [0.25, 0.3) is 0 Å². The molecule has 0 atom stereocenters. The fourth-order valence-corrected chi connectivity index (χ4v) is 1.36. The van der Waals surface area contributed by atoms with E-state index in [1.165, 1.54) is 19.2 Å². The van der Waals surface area contributed by atoms with E-state index in [1.54, 1.807) is 0 Å². The molecule has 1 amide bonds. The van der Waals surface area contributed by atoms with Crippen molar-refractivity contribution in [2.24, 2.45) is 5.73 Å². The van der Waals surface area contributed by atoms with Gasteiger partial charge in [-0.1, -0.05) is 0 Å². The predicted octanol–water partition coefficient (Wildman–Crippen LogP) is 1.45. The molecule has 5 heteroatoms. The molecule has 2 N–H and O–H groups in total. The molecule has 1 rings (SSSR count). The number of primary amides is 1. The molecule has 0 aromatic heterocycles. The molecule has 1 aromatic carbocycles. The van der Waals surface area contributed by atoms with Crippen LogP contribution >= 0.6 is 0 Å². The molecule has 0 aliphatic carbocycles. The first kappa shape index (κ1) is 12.8. The van der Waals surface area contributed by atoms with Gasteiger partial charge in [0, 0.05) is 6.07 Å². The Bertz CT molecular complexity index is 475. The lowest BCUT2D eigenvalue weighted by Gasteiger charge is -2.14. The Balaban J connectivity index is 3.34. The van der Waals surface area contributed by atoms with Crippen LogP contribution in [0.5, 0.6) is 11.5 Å². The van der Waals surface area contributed by atoms with Crippen molar-refractivity contribution in [2.75, 3.05) is 7.11 Å². The van der Waals surface area contributed by atoms with Gasteiger partial charge < -0.3 is 15.2 Å². The Hall–Kier alpha value is -2.22. The standard InChI is InChI=1S/C12H14N2O3/c1-7(2)17-10-5-11(16-3)9(12(14)15)4-8(10)6-13/h4-5,7H,1-3H3,(H2,14,15). The third-order valence-corrected chi connectivity index (χ3v) is 2.05. The van der Waals surface area contributed by atoms with Crippen LogP contribution in [0.1, 0.15) is 29.8 Å². The maximum absolute atomic E-state index is 11.2. The largest absolute Gasteiger partial charge is 0.496 e. The van der Waals surface area contributed by atoms with Gasteiger partial charge in [-0.2, -0.15) is 5.26 Å². The smallest absolute Gasteiger partial charge is 0.252 e. The zero-order valence-corrected chi connectivity index (χ0v) is 9.98. The minimum Gasteiger partial charge on any atom is -0.496 e. The number of benzene rings is 1. The number of methoxy groups -OCH3 is 1. The van der Waals surface area contributed by atoms with Gasteiger partial charge in [-0.05, 0) is 19.9 Å². The number of carbonyl (C=O) groups is 1. The van der Waals surface area contributed by atoms with Gasteiger partial charge in [0.25, 0.3) is 5.91 Å². The Morgan fingerprint density at radius 1 is 1.41 bits per heavy atom. The normalized spacial score (nSPS) is 9.82. The van der Waals surface area contributed by atoms with Crippen molar-refractivity contribution in [1.82, 2.24) is 0 Å². The summed E-state index contributed by atoms with van der Waals surface area (Å²) in [4.78, 5) is 11.2. The van der Waals surface area contributed by atoms with Crippen LogP contribution in [0.4, 0.5) is 0 Å². The average Bonchev–Trinajstić information content (AvgIpc) is 2.27. The number of rotatable bonds is 4. The van der Waals surface area contributed by atoms with Gasteiger partial charge in [0.1, 0.15) is 17.6 Å². The summed E-state index contributed by atoms with van der Waals surface area (Å²) in [5.41, 5.74) is 5.62. The summed E-state index contributed by atoms with van der Waals surface area (Å²) in [7, 11) is 1.42. The topological polar surface area (TPSA) is 85.3 Å². The number of amides is 1. The van der Waals surface area contributed by atoms with Crippen molar-refractivity contribution in [1.29, 1.82) is 5.26 Å². The van der Waals surface area contributed by atoms with E-state index in [-0.39, 0.29) is 17.2 Å². The Morgan fingerprint density at radius 2 is 2.06 bits per heavy atom. The number of hydrogen-bond acceptors (Lipinski definition) is 4. The molecule has 0 bridgehead atoms. The van der Waals surface area contributed by atoms with Gasteiger partial charge in [-0.15, -0.1) is 0 Å². The van der Waals surface area contributed by atoms with Gasteiger partial charge in [0.15, 0.2) is 0 Å². The first-order chi connectivity index (χ1) is 7.99. The zero-order chi connectivity index (χ0) is 13.0. The molecule has 0 heterocycles. The SMILES string of the molecule is COc1cc(OC(C)C)c(C#N)cc1C(N)=O. The molecule has 0 saturated heterocycles. The first-order valence-electron chi connectivity index (χ1n) is 5.08. The van der Waals surface area contributed by atoms with E-state index in [1.807, 2.05) is 19.9 Å². The van der Waals surface area contributed by atoms with E-state index in [2.05, 4.69) is 0 Å². The number of nitrogens with two attached hydrogens (primary N) is 1. The third kappa shape index (κ3) is 2.88. The summed E-state index contributed by atoms with van der Waals surface area (Å²) >= 11 is 0. The molecule has 5 nitrogen and oxygen atoms in total. The van der Waals surface area contributed by atoms with Crippen LogP contribution in [0.2, 0.25) is 0 Å². The minimum atomic E-state index is -0.644. The number of nitrogens with zero attached hydrogens (tertiary/aromatic N) is 1. The summed E-state index contributed by atoms with van der Waals surface area (Å²) in [6, 6.07) is 4.83. The van der Waals surface area contributed by atoms with Crippen molar-refractivity contribution < 1.29 is 14.3 Å². The van der Waals surface area contributed by atoms with Crippen molar-refractivity contribution in [2.45, 2.75) is 20.0 Å². The molecule has 0 radical (unpaired) electrons. The molecule has 0 aliphatic rings. The lowest BCUT2D eigenvalue weighted by Crippen LogP contribution is -2.14. The van der Waals surface area contributed by atoms with Crippen molar-refractivity contribution >= 4 is 5.91 Å². The highest BCUT2D eigenvalue weighted by Gasteiger charge is 2.15. The van der Waals surface area contributed by atoms with Gasteiger partial charge in [0.2, 0.25) is 0 Å². The van der Waals surface area contributed by atoms with Gasteiger partial charge in [-0.25, -0.2) is 0 Å². The molecule has 0 fully saturated rings. The molecular formula is C12H14N2O3. The molecule has 1 aromatic rings. The predicted molar refractivity (Wildman–Crippen MR) is 62.0 cm³/mol. The molecule has 0 saturated carbocycles. The fraction of sp³-hybridized carbons (Fsp3) is 0.333. The van der Waals surface area contributed by atoms with E-state index >= 15 is 0 Å². The van der Waals surface area contributed by atoms with Crippen LogP contribution in [-0.4, -0.2) is 19.1 Å². The summed E-state index contributed by atoms with van der Waals surface area (Å²) < 4.78 is 10.5. The molecule has 0 spiro atoms. The van der Waals surface area contributed by atoms with Crippen LogP contribution in [0.3, 0.4) is 0 Å². The molecule has 17 heavy (non-hydrogen) atoms. The number of hydrogen-bond donors (Lipinski definition) is 1. The van der Waals surface area contributed by atoms with E-state index in [9.17, 15) is 4.79 Å². The lowest BCUT2D eigenvalue weighted by molar-refractivity contribution is 0.0997. The average molecular weight is 234 g/mol. The highest BCUT2D eigenvalue weighted by molar-refractivity contribution is 5.96. The van der Waals surface area contributed by atoms with E-state index in [0.29, 0.717) is 11.5 Å². The van der Waals surface area contributed by atoms with Gasteiger partial charge in [-0.3, -0.25) is 4.79 Å². The van der Waals surface area contributed by atoms with E-state index in [0.717, 1.165) is 0 Å². The maximum Gasteiger partial charge on any atom is 0.252 e. The van der Waals surface area contributed by atoms with E-state index in [4.69, 9.17) is 20.5 Å². The molecule has 90 valence electrons. The highest BCUT2D eigenvalue weighted by atomic mass is 16.5. The first-order valence-corrected chi connectivity index (χ1v) is 5.08. The monoisotopic (exact) mass is 234 g/mol. The Morgan fingerprint density at radius 3 is 2.47 bits per heavy atom. The van der Waals surface area contributed by atoms with Gasteiger partial charge >= 0.3 is 0 Å². The third-order valence-electron chi connectivity index (χ3n) is 2.05. The van der Waals surface area contributed by atoms with Crippen molar-refractivity contribution in [3.05, 3.63) is 23.3 Å². The fourth-order valence-electron chi connectivity index (χ4n) is 1.36. The van der Waals surface area contributed by atoms with Gasteiger partial charge in [0.05, 0.1) is 24.3 Å². The van der Waals surface area contributed by atoms with E-state index < -0.39 is 5.91 Å². The second-order valence-corrected chi connectivity index (χ2v) is 3.69. The van der Waals surface area contributed by atoms with Crippen LogP contribution in [0, 0.1) is 11.3 Å². The van der Waals surface area contributed by atoms with Crippen LogP contribution in [-0.2, 0) is 0 Å². The number of ether oxygens (including phenoxy) is 2. The van der Waals surface area contributed by atoms with Crippen molar-refractivity contribution in [3.63, 3.8) is 0 Å². The summed E-state index contributed by atoms with van der Waals surface area (Å²) in [5, 5.41) is 8.98. The molecule has 0 aliphatic heterocycles. The van der Waals surface area contributed by atoms with Crippen LogP contribution < -0.4 is 15.2 Å². The second kappa shape index (κ2) is 5.21. The number of nitriles is 1. The van der Waals surface area contributed by atoms with Crippen molar-refractivity contribution in [3.8, 4) is 17.6 Å². The minimum absolute atomic E-state index is 0.0776. The molecular weight excluding hydrogens is 220 g/mol. The Kier molecular flexibility index (Phi) is 3.94. The Labute approximate surface area is 99.7 Å². The number of carbonyl (C=O) groups excluding carboxylic acids is 1. The molecule has 0 unspecified atom stereocenters.